The van der Waals surface area contributed by atoms with Gasteiger partial charge in [-0.15, -0.1) is 10.2 Å². The predicted octanol–water partition coefficient (Wildman–Crippen LogP) is -0.366. The molecule has 0 aromatic carbocycles. The summed E-state index contributed by atoms with van der Waals surface area (Å²) in [6.45, 7) is 0. The van der Waals surface area contributed by atoms with E-state index in [4.69, 9.17) is 11.7 Å². The Morgan fingerprint density at radius 3 is 2.94 bits per heavy atom. The van der Waals surface area contributed by atoms with Crippen LogP contribution in [0.2, 0.25) is 0 Å². The molecule has 1 aromatic rings. The Bertz CT molecular complexity index is 328. The fourth-order valence-corrected chi connectivity index (χ4v) is 1.97. The van der Waals surface area contributed by atoms with Crippen LogP contribution in [0.15, 0.2) is 11.5 Å². The van der Waals surface area contributed by atoms with Crippen molar-refractivity contribution in [3.8, 4) is 0 Å². The van der Waals surface area contributed by atoms with E-state index in [1.165, 1.54) is 11.0 Å². The number of nitrogens with zero attached hydrogens (tertiary/aromatic N) is 3. The number of carbonyl (C=O) groups excluding carboxylic acids is 1. The van der Waals surface area contributed by atoms with Gasteiger partial charge in [-0.05, 0) is 12.8 Å². The van der Waals surface area contributed by atoms with Crippen molar-refractivity contribution < 1.29 is 4.79 Å². The number of nitrogens with one attached hydrogen (secondary N) is 1. The largest absolute Gasteiger partial charge is 0.336 e. The van der Waals surface area contributed by atoms with Gasteiger partial charge in [0.05, 0.1) is 0 Å². The molecule has 0 saturated carbocycles. The van der Waals surface area contributed by atoms with Crippen LogP contribution in [0, 0.1) is 0 Å². The van der Waals surface area contributed by atoms with Gasteiger partial charge < -0.3 is 5.84 Å². The van der Waals surface area contributed by atoms with Crippen molar-refractivity contribution >= 4 is 17.7 Å². The van der Waals surface area contributed by atoms with Gasteiger partial charge in [-0.1, -0.05) is 18.2 Å². The number of carbonyl (C=O) groups is 1. The summed E-state index contributed by atoms with van der Waals surface area (Å²) < 4.78 is 1.40. The number of hydrazine groups is 1. The van der Waals surface area contributed by atoms with Crippen LogP contribution in [0.5, 0.6) is 0 Å². The third-order valence-electron chi connectivity index (χ3n) is 1.98. The molecule has 0 spiro atoms. The first-order valence-electron chi connectivity index (χ1n) is 5.01. The van der Waals surface area contributed by atoms with Crippen molar-refractivity contribution in [2.24, 2.45) is 5.84 Å². The molecule has 0 atom stereocenters. The number of unbranched alkanes of at least 4 members (excludes halogenated alkanes) is 2. The summed E-state index contributed by atoms with van der Waals surface area (Å²) in [4.78, 5) is 10.8. The zero-order chi connectivity index (χ0) is 11.8. The van der Waals surface area contributed by atoms with E-state index in [1.54, 1.807) is 11.8 Å². The number of aromatic nitrogens is 3. The highest BCUT2D eigenvalue weighted by molar-refractivity contribution is 7.99. The van der Waals surface area contributed by atoms with Crippen LogP contribution < -0.4 is 17.1 Å². The van der Waals surface area contributed by atoms with Gasteiger partial charge >= 0.3 is 0 Å². The van der Waals surface area contributed by atoms with E-state index in [0.717, 1.165) is 25.0 Å². The lowest BCUT2D eigenvalue weighted by molar-refractivity contribution is -0.121. The van der Waals surface area contributed by atoms with Gasteiger partial charge in [0.15, 0.2) is 0 Å². The summed E-state index contributed by atoms with van der Waals surface area (Å²) in [6.07, 6.45) is 4.79. The Hall–Kier alpha value is -1.28. The molecule has 0 fully saturated rings. The average Bonchev–Trinajstić information content (AvgIpc) is 2.69. The molecular formula is C8H16N6OS. The molecule has 1 heterocycles. The maximum atomic E-state index is 10.8. The summed E-state index contributed by atoms with van der Waals surface area (Å²) in [5.41, 5.74) is 2.10. The van der Waals surface area contributed by atoms with E-state index < -0.39 is 0 Å². The van der Waals surface area contributed by atoms with E-state index >= 15 is 0 Å². The number of hydrogen-bond acceptors (Lipinski definition) is 6. The van der Waals surface area contributed by atoms with E-state index in [0.29, 0.717) is 11.6 Å². The third-order valence-corrected chi connectivity index (χ3v) is 3.02. The number of amides is 1. The molecule has 0 aliphatic heterocycles. The van der Waals surface area contributed by atoms with Gasteiger partial charge in [0.2, 0.25) is 11.1 Å². The van der Waals surface area contributed by atoms with E-state index in [-0.39, 0.29) is 5.91 Å². The monoisotopic (exact) mass is 244 g/mol. The third kappa shape index (κ3) is 4.49. The maximum Gasteiger partial charge on any atom is 0.233 e. The minimum atomic E-state index is -0.116. The van der Waals surface area contributed by atoms with Crippen LogP contribution in [0.1, 0.15) is 25.7 Å². The first-order chi connectivity index (χ1) is 7.74. The molecule has 1 amide bonds. The molecule has 90 valence electrons. The number of rotatable bonds is 7. The minimum absolute atomic E-state index is 0.116. The SMILES string of the molecule is NNC(=O)CCCCCSc1nncn1N. The molecule has 0 aliphatic rings. The zero-order valence-corrected chi connectivity index (χ0v) is 9.74. The number of thioether (sulfide) groups is 1. The second-order valence-corrected chi connectivity index (χ2v) is 4.31. The second kappa shape index (κ2) is 7.07. The van der Waals surface area contributed by atoms with Crippen molar-refractivity contribution in [2.45, 2.75) is 30.8 Å². The van der Waals surface area contributed by atoms with Crippen LogP contribution in [0.4, 0.5) is 0 Å². The van der Waals surface area contributed by atoms with Crippen molar-refractivity contribution in [3.05, 3.63) is 6.33 Å². The first-order valence-corrected chi connectivity index (χ1v) is 6.00. The zero-order valence-electron chi connectivity index (χ0n) is 8.93. The Morgan fingerprint density at radius 1 is 1.50 bits per heavy atom. The van der Waals surface area contributed by atoms with Gasteiger partial charge in [0, 0.05) is 12.2 Å². The van der Waals surface area contributed by atoms with Gasteiger partial charge in [-0.3, -0.25) is 10.2 Å². The molecule has 0 aliphatic carbocycles. The lowest BCUT2D eigenvalue weighted by atomic mass is 10.2. The first kappa shape index (κ1) is 12.8. The fourth-order valence-electron chi connectivity index (χ4n) is 1.14. The molecule has 0 radical (unpaired) electrons. The van der Waals surface area contributed by atoms with Crippen LogP contribution in [-0.4, -0.2) is 26.5 Å². The molecule has 16 heavy (non-hydrogen) atoms. The smallest absolute Gasteiger partial charge is 0.233 e. The quantitative estimate of drug-likeness (QED) is 0.198. The topological polar surface area (TPSA) is 112 Å². The highest BCUT2D eigenvalue weighted by Crippen LogP contribution is 2.15. The van der Waals surface area contributed by atoms with Crippen LogP contribution in [-0.2, 0) is 4.79 Å². The Balaban J connectivity index is 2.00. The van der Waals surface area contributed by atoms with E-state index in [9.17, 15) is 4.79 Å². The van der Waals surface area contributed by atoms with Gasteiger partial charge in [0.1, 0.15) is 6.33 Å². The number of nitrogen functional groups attached to an aromatic ring is 1. The molecule has 0 unspecified atom stereocenters. The summed E-state index contributed by atoms with van der Waals surface area (Å²) >= 11 is 1.56. The van der Waals surface area contributed by atoms with Crippen molar-refractivity contribution in [2.75, 3.05) is 11.6 Å². The average molecular weight is 244 g/mol. The fraction of sp³-hybridized carbons (Fsp3) is 0.625. The highest BCUT2D eigenvalue weighted by Gasteiger charge is 2.02. The van der Waals surface area contributed by atoms with E-state index in [2.05, 4.69) is 15.6 Å². The lowest BCUT2D eigenvalue weighted by Crippen LogP contribution is -2.29. The van der Waals surface area contributed by atoms with Crippen molar-refractivity contribution in [1.82, 2.24) is 20.3 Å². The van der Waals surface area contributed by atoms with Crippen molar-refractivity contribution in [3.63, 3.8) is 0 Å². The molecule has 0 saturated heterocycles. The predicted molar refractivity (Wildman–Crippen MR) is 61.7 cm³/mol. The summed E-state index contributed by atoms with van der Waals surface area (Å²) in [6, 6.07) is 0. The molecule has 1 aromatic heterocycles. The molecule has 5 N–H and O–H groups in total. The molecule has 1 rings (SSSR count). The lowest BCUT2D eigenvalue weighted by Gasteiger charge is -2.01. The summed E-state index contributed by atoms with van der Waals surface area (Å²) in [7, 11) is 0. The molecule has 8 heteroatoms. The van der Waals surface area contributed by atoms with Crippen LogP contribution >= 0.6 is 11.8 Å². The number of hydrogen-bond donors (Lipinski definition) is 3. The van der Waals surface area contributed by atoms with Gasteiger partial charge in [0.25, 0.3) is 0 Å². The Morgan fingerprint density at radius 2 is 2.31 bits per heavy atom. The van der Waals surface area contributed by atoms with Crippen molar-refractivity contribution in [1.29, 1.82) is 0 Å². The van der Waals surface area contributed by atoms with E-state index in [1.807, 2.05) is 0 Å². The molecular weight excluding hydrogens is 228 g/mol. The normalized spacial score (nSPS) is 10.3. The van der Waals surface area contributed by atoms with Crippen LogP contribution in [0.25, 0.3) is 0 Å². The Kier molecular flexibility index (Phi) is 5.65. The second-order valence-electron chi connectivity index (χ2n) is 3.25. The van der Waals surface area contributed by atoms with Crippen LogP contribution in [0.3, 0.4) is 0 Å². The standard InChI is InChI=1S/C8H16N6OS/c9-12-7(15)4-2-1-3-5-16-8-13-11-6-14(8)10/h6H,1-5,9-10H2,(H,12,15). The Labute approximate surface area is 97.9 Å². The summed E-state index contributed by atoms with van der Waals surface area (Å²) in [5, 5.41) is 8.22. The molecule has 0 bridgehead atoms. The minimum Gasteiger partial charge on any atom is -0.336 e. The summed E-state index contributed by atoms with van der Waals surface area (Å²) in [5.74, 6) is 11.3. The number of nitrogens with two attached hydrogens (primary N) is 2. The maximum absolute atomic E-state index is 10.8. The van der Waals surface area contributed by atoms with Gasteiger partial charge in [-0.2, -0.15) is 0 Å². The molecule has 7 nitrogen and oxygen atoms in total. The highest BCUT2D eigenvalue weighted by atomic mass is 32.2. The van der Waals surface area contributed by atoms with Gasteiger partial charge in [-0.25, -0.2) is 10.5 Å².